The maximum absolute atomic E-state index is 6.03. The monoisotopic (exact) mass is 232 g/mol. The summed E-state index contributed by atoms with van der Waals surface area (Å²) in [6.07, 6.45) is 5.01. The van der Waals surface area contributed by atoms with Crippen LogP contribution in [-0.2, 0) is 6.42 Å². The average molecular weight is 232 g/mol. The summed E-state index contributed by atoms with van der Waals surface area (Å²) < 4.78 is 1.27. The van der Waals surface area contributed by atoms with E-state index in [1.54, 1.807) is 11.3 Å². The van der Waals surface area contributed by atoms with Crippen molar-refractivity contribution in [3.8, 4) is 0 Å². The number of nitrogens with two attached hydrogens (primary N) is 2. The molecule has 2 nitrogen and oxygen atoms in total. The third-order valence-electron chi connectivity index (χ3n) is 2.67. The van der Waals surface area contributed by atoms with Gasteiger partial charge in [0.15, 0.2) is 0 Å². The van der Waals surface area contributed by atoms with Crippen LogP contribution in [0.15, 0.2) is 30.4 Å². The summed E-state index contributed by atoms with van der Waals surface area (Å²) in [4.78, 5) is 1.34. The van der Waals surface area contributed by atoms with Gasteiger partial charge >= 0.3 is 0 Å². The van der Waals surface area contributed by atoms with Gasteiger partial charge in [-0.05, 0) is 31.0 Å². The van der Waals surface area contributed by atoms with Crippen LogP contribution in [0.25, 0.3) is 10.1 Å². The first-order valence-electron chi connectivity index (χ1n) is 5.35. The summed E-state index contributed by atoms with van der Waals surface area (Å²) in [6, 6.07) is 6.09. The Balaban J connectivity index is 2.50. The Labute approximate surface area is 99.6 Å². The molecule has 0 saturated heterocycles. The van der Waals surface area contributed by atoms with Crippen LogP contribution in [0.5, 0.6) is 0 Å². The molecule has 0 unspecified atom stereocenters. The Morgan fingerprint density at radius 3 is 2.88 bits per heavy atom. The van der Waals surface area contributed by atoms with Crippen LogP contribution in [0, 0.1) is 6.92 Å². The Morgan fingerprint density at radius 2 is 2.12 bits per heavy atom. The minimum absolute atomic E-state index is 0.594. The lowest BCUT2D eigenvalue weighted by Gasteiger charge is -2.00. The summed E-state index contributed by atoms with van der Waals surface area (Å²) >= 11 is 1.81. The number of aryl methyl sites for hydroxylation is 1. The highest BCUT2D eigenvalue weighted by Crippen LogP contribution is 2.34. The van der Waals surface area contributed by atoms with Gasteiger partial charge in [-0.25, -0.2) is 0 Å². The van der Waals surface area contributed by atoms with Crippen molar-refractivity contribution in [1.82, 2.24) is 0 Å². The van der Waals surface area contributed by atoms with Crippen molar-refractivity contribution in [3.05, 3.63) is 40.8 Å². The van der Waals surface area contributed by atoms with Gasteiger partial charge in [-0.15, -0.1) is 11.3 Å². The van der Waals surface area contributed by atoms with E-state index in [9.17, 15) is 0 Å². The molecule has 4 N–H and O–H groups in total. The molecule has 0 amide bonds. The number of hydrogen-bond donors (Lipinski definition) is 2. The molecule has 3 heteroatoms. The Hall–Kier alpha value is -1.32. The van der Waals surface area contributed by atoms with Gasteiger partial charge in [-0.1, -0.05) is 18.2 Å². The van der Waals surface area contributed by atoms with E-state index in [2.05, 4.69) is 19.1 Å². The minimum atomic E-state index is 0.594. The molecular weight excluding hydrogens is 216 g/mol. The maximum Gasteiger partial charge on any atom is 0.0405 e. The molecule has 0 bridgehead atoms. The second-order valence-electron chi connectivity index (χ2n) is 3.77. The van der Waals surface area contributed by atoms with Gasteiger partial charge in [0.2, 0.25) is 0 Å². The summed E-state index contributed by atoms with van der Waals surface area (Å²) in [7, 11) is 0. The molecule has 1 aromatic carbocycles. The van der Waals surface area contributed by atoms with Crippen molar-refractivity contribution < 1.29 is 0 Å². The predicted molar refractivity (Wildman–Crippen MR) is 72.9 cm³/mol. The van der Waals surface area contributed by atoms with Gasteiger partial charge in [0.05, 0.1) is 0 Å². The lowest BCUT2D eigenvalue weighted by atomic mass is 10.1. The summed E-state index contributed by atoms with van der Waals surface area (Å²) in [5.74, 6) is 0. The van der Waals surface area contributed by atoms with Crippen LogP contribution < -0.4 is 11.5 Å². The van der Waals surface area contributed by atoms with Crippen molar-refractivity contribution in [1.29, 1.82) is 0 Å². The molecule has 0 aliphatic heterocycles. The number of benzene rings is 1. The zero-order valence-electron chi connectivity index (χ0n) is 9.36. The summed E-state index contributed by atoms with van der Waals surface area (Å²) in [5.41, 5.74) is 13.7. The lowest BCUT2D eigenvalue weighted by Crippen LogP contribution is -1.93. The molecule has 1 heterocycles. The van der Waals surface area contributed by atoms with E-state index in [-0.39, 0.29) is 0 Å². The standard InChI is InChI=1S/C13H16N2S/c1-9-10(5-2-3-8-14)13-11(15)6-4-7-12(13)16-9/h2-4,6-7H,5,8,14-15H2,1H3/b3-2-. The highest BCUT2D eigenvalue weighted by molar-refractivity contribution is 7.19. The van der Waals surface area contributed by atoms with Crippen molar-refractivity contribution in [2.45, 2.75) is 13.3 Å². The molecule has 2 rings (SSSR count). The van der Waals surface area contributed by atoms with Gasteiger partial charge in [0, 0.05) is 27.2 Å². The van der Waals surface area contributed by atoms with E-state index >= 15 is 0 Å². The molecule has 0 radical (unpaired) electrons. The largest absolute Gasteiger partial charge is 0.398 e. The molecule has 0 aliphatic rings. The molecule has 0 spiro atoms. The topological polar surface area (TPSA) is 52.0 Å². The third-order valence-corrected chi connectivity index (χ3v) is 3.79. The molecular formula is C13H16N2S. The predicted octanol–water partition coefficient (Wildman–Crippen LogP) is 2.85. The molecule has 0 fully saturated rings. The molecule has 0 aliphatic carbocycles. The second kappa shape index (κ2) is 4.68. The highest BCUT2D eigenvalue weighted by Gasteiger charge is 2.09. The van der Waals surface area contributed by atoms with Crippen LogP contribution in [0.3, 0.4) is 0 Å². The number of anilines is 1. The van der Waals surface area contributed by atoms with Gasteiger partial charge in [0.1, 0.15) is 0 Å². The van der Waals surface area contributed by atoms with Crippen molar-refractivity contribution in [2.24, 2.45) is 5.73 Å². The zero-order valence-corrected chi connectivity index (χ0v) is 10.2. The normalized spacial score (nSPS) is 11.6. The number of rotatable bonds is 3. The van der Waals surface area contributed by atoms with E-state index in [0.717, 1.165) is 12.1 Å². The highest BCUT2D eigenvalue weighted by atomic mass is 32.1. The number of hydrogen-bond acceptors (Lipinski definition) is 3. The van der Waals surface area contributed by atoms with Crippen molar-refractivity contribution >= 4 is 27.1 Å². The fraction of sp³-hybridized carbons (Fsp3) is 0.231. The van der Waals surface area contributed by atoms with E-state index in [1.165, 1.54) is 20.5 Å². The van der Waals surface area contributed by atoms with Gasteiger partial charge in [-0.2, -0.15) is 0 Å². The fourth-order valence-electron chi connectivity index (χ4n) is 1.90. The van der Waals surface area contributed by atoms with Gasteiger partial charge in [-0.3, -0.25) is 0 Å². The van der Waals surface area contributed by atoms with Crippen LogP contribution in [0.4, 0.5) is 5.69 Å². The SMILES string of the molecule is Cc1sc2cccc(N)c2c1C/C=C\CN. The molecule has 0 atom stereocenters. The first kappa shape index (κ1) is 11.2. The van der Waals surface area contributed by atoms with Crippen LogP contribution in [0.1, 0.15) is 10.4 Å². The lowest BCUT2D eigenvalue weighted by molar-refractivity contribution is 1.20. The van der Waals surface area contributed by atoms with E-state index in [1.807, 2.05) is 18.2 Å². The average Bonchev–Trinajstić information content (AvgIpc) is 2.57. The van der Waals surface area contributed by atoms with Crippen molar-refractivity contribution in [2.75, 3.05) is 12.3 Å². The maximum atomic E-state index is 6.03. The first-order valence-corrected chi connectivity index (χ1v) is 6.17. The van der Waals surface area contributed by atoms with Gasteiger partial charge in [0.25, 0.3) is 0 Å². The Kier molecular flexibility index (Phi) is 3.27. The zero-order chi connectivity index (χ0) is 11.5. The number of fused-ring (bicyclic) bond motifs is 1. The summed E-state index contributed by atoms with van der Waals surface area (Å²) in [6.45, 7) is 2.74. The molecule has 1 aromatic heterocycles. The first-order chi connectivity index (χ1) is 7.74. The Morgan fingerprint density at radius 1 is 1.31 bits per heavy atom. The molecule has 0 saturated carbocycles. The smallest absolute Gasteiger partial charge is 0.0405 e. The Bertz CT molecular complexity index is 526. The number of nitrogen functional groups attached to an aromatic ring is 1. The number of allylic oxidation sites excluding steroid dienone is 1. The quantitative estimate of drug-likeness (QED) is 0.631. The van der Waals surface area contributed by atoms with Gasteiger partial charge < -0.3 is 11.5 Å². The van der Waals surface area contributed by atoms with E-state index < -0.39 is 0 Å². The second-order valence-corrected chi connectivity index (χ2v) is 5.02. The van der Waals surface area contributed by atoms with Crippen LogP contribution >= 0.6 is 11.3 Å². The summed E-state index contributed by atoms with van der Waals surface area (Å²) in [5, 5.41) is 1.21. The van der Waals surface area contributed by atoms with E-state index in [4.69, 9.17) is 11.5 Å². The van der Waals surface area contributed by atoms with Crippen molar-refractivity contribution in [3.63, 3.8) is 0 Å². The number of thiophene rings is 1. The fourth-order valence-corrected chi connectivity index (χ4v) is 3.03. The van der Waals surface area contributed by atoms with E-state index in [0.29, 0.717) is 6.54 Å². The minimum Gasteiger partial charge on any atom is -0.398 e. The van der Waals surface area contributed by atoms with Crippen LogP contribution in [0.2, 0.25) is 0 Å². The molecule has 16 heavy (non-hydrogen) atoms. The third kappa shape index (κ3) is 1.96. The molecule has 2 aromatic rings. The molecule has 84 valence electrons. The van der Waals surface area contributed by atoms with Crippen LogP contribution in [-0.4, -0.2) is 6.54 Å².